The van der Waals surface area contributed by atoms with Gasteiger partial charge in [-0.25, -0.2) is 0 Å². The smallest absolute Gasteiger partial charge is 0.231 e. The number of hydrogen-bond acceptors (Lipinski definition) is 6. The van der Waals surface area contributed by atoms with Gasteiger partial charge in [-0.1, -0.05) is 6.07 Å². The van der Waals surface area contributed by atoms with E-state index in [4.69, 9.17) is 19.3 Å². The highest BCUT2D eigenvalue weighted by molar-refractivity contribution is 5.44. The summed E-state index contributed by atoms with van der Waals surface area (Å²) in [5.41, 5.74) is 0.977. The van der Waals surface area contributed by atoms with Crippen LogP contribution in [0.25, 0.3) is 0 Å². The Hall–Kier alpha value is -1.34. The molecule has 0 fully saturated rings. The fourth-order valence-corrected chi connectivity index (χ4v) is 2.02. The summed E-state index contributed by atoms with van der Waals surface area (Å²) in [5.74, 6) is 1.48. The summed E-state index contributed by atoms with van der Waals surface area (Å²) in [6.07, 6.45) is -0.569. The van der Waals surface area contributed by atoms with Gasteiger partial charge in [0.25, 0.3) is 0 Å². The first-order chi connectivity index (χ1) is 9.69. The number of nitrogens with zero attached hydrogens (tertiary/aromatic N) is 1. The summed E-state index contributed by atoms with van der Waals surface area (Å²) < 4.78 is 16.0. The first-order valence-electron chi connectivity index (χ1n) is 6.63. The van der Waals surface area contributed by atoms with Crippen LogP contribution in [-0.4, -0.2) is 61.4 Å². The molecule has 2 N–H and O–H groups in total. The SMILES string of the molecule is CN(CCO)CC(O)COCc1ccc2c(c1)OCO2. The Kier molecular flexibility index (Phi) is 5.60. The van der Waals surface area contributed by atoms with Gasteiger partial charge in [0, 0.05) is 13.1 Å². The molecular weight excluding hydrogens is 262 g/mol. The van der Waals surface area contributed by atoms with Gasteiger partial charge in [0.15, 0.2) is 11.5 Å². The molecule has 0 aliphatic carbocycles. The summed E-state index contributed by atoms with van der Waals surface area (Å²) in [6, 6.07) is 5.65. The highest BCUT2D eigenvalue weighted by Crippen LogP contribution is 2.32. The molecule has 0 spiro atoms. The van der Waals surface area contributed by atoms with E-state index in [0.717, 1.165) is 17.1 Å². The zero-order chi connectivity index (χ0) is 14.4. The lowest BCUT2D eigenvalue weighted by Crippen LogP contribution is -2.33. The third-order valence-corrected chi connectivity index (χ3v) is 3.02. The normalized spacial score (nSPS) is 14.8. The highest BCUT2D eigenvalue weighted by Gasteiger charge is 2.13. The molecule has 20 heavy (non-hydrogen) atoms. The molecule has 2 rings (SSSR count). The van der Waals surface area contributed by atoms with E-state index < -0.39 is 6.10 Å². The van der Waals surface area contributed by atoms with Crippen LogP contribution in [0.1, 0.15) is 5.56 Å². The standard InChI is InChI=1S/C14H21NO5/c1-15(4-5-16)7-12(17)9-18-8-11-2-3-13-14(6-11)20-10-19-13/h2-3,6,12,16-17H,4-5,7-10H2,1H3. The van der Waals surface area contributed by atoms with Crippen LogP contribution in [0.5, 0.6) is 11.5 Å². The van der Waals surface area contributed by atoms with Crippen LogP contribution in [0.15, 0.2) is 18.2 Å². The van der Waals surface area contributed by atoms with Gasteiger partial charge in [0.05, 0.1) is 25.9 Å². The van der Waals surface area contributed by atoms with Crippen molar-refractivity contribution in [3.05, 3.63) is 23.8 Å². The summed E-state index contributed by atoms with van der Waals surface area (Å²) >= 11 is 0. The van der Waals surface area contributed by atoms with E-state index in [1.54, 1.807) is 0 Å². The van der Waals surface area contributed by atoms with Crippen molar-refractivity contribution >= 4 is 0 Å². The monoisotopic (exact) mass is 283 g/mol. The summed E-state index contributed by atoms with van der Waals surface area (Å²) in [6.45, 7) is 2.03. The lowest BCUT2D eigenvalue weighted by molar-refractivity contribution is 0.0119. The molecular formula is C14H21NO5. The Morgan fingerprint density at radius 1 is 1.35 bits per heavy atom. The van der Waals surface area contributed by atoms with E-state index in [9.17, 15) is 5.11 Å². The minimum atomic E-state index is -0.569. The lowest BCUT2D eigenvalue weighted by Gasteiger charge is -2.19. The molecule has 112 valence electrons. The molecule has 0 radical (unpaired) electrons. The second kappa shape index (κ2) is 7.44. The van der Waals surface area contributed by atoms with E-state index in [2.05, 4.69) is 0 Å². The van der Waals surface area contributed by atoms with Crippen LogP contribution in [-0.2, 0) is 11.3 Å². The van der Waals surface area contributed by atoms with E-state index in [0.29, 0.717) is 19.7 Å². The lowest BCUT2D eigenvalue weighted by atomic mass is 10.2. The second-order valence-corrected chi connectivity index (χ2v) is 4.84. The van der Waals surface area contributed by atoms with Gasteiger partial charge >= 0.3 is 0 Å². The maximum atomic E-state index is 9.79. The molecule has 0 saturated heterocycles. The molecule has 6 nitrogen and oxygen atoms in total. The van der Waals surface area contributed by atoms with Crippen molar-refractivity contribution in [3.8, 4) is 11.5 Å². The van der Waals surface area contributed by atoms with Gasteiger partial charge < -0.3 is 29.3 Å². The Morgan fingerprint density at radius 3 is 2.95 bits per heavy atom. The number of rotatable bonds is 8. The fraction of sp³-hybridized carbons (Fsp3) is 0.571. The molecule has 1 unspecified atom stereocenters. The van der Waals surface area contributed by atoms with Crippen LogP contribution in [0, 0.1) is 0 Å². The van der Waals surface area contributed by atoms with Crippen molar-refractivity contribution in [2.45, 2.75) is 12.7 Å². The van der Waals surface area contributed by atoms with Gasteiger partial charge in [0.2, 0.25) is 6.79 Å². The van der Waals surface area contributed by atoms with Crippen molar-refractivity contribution < 1.29 is 24.4 Å². The zero-order valence-corrected chi connectivity index (χ0v) is 11.6. The zero-order valence-electron chi connectivity index (χ0n) is 11.6. The molecule has 6 heteroatoms. The molecule has 1 atom stereocenters. The van der Waals surface area contributed by atoms with Crippen molar-refractivity contribution in [2.24, 2.45) is 0 Å². The third-order valence-electron chi connectivity index (χ3n) is 3.02. The number of fused-ring (bicyclic) bond motifs is 1. The summed E-state index contributed by atoms with van der Waals surface area (Å²) in [4.78, 5) is 1.86. The largest absolute Gasteiger partial charge is 0.454 e. The molecule has 0 saturated carbocycles. The van der Waals surface area contributed by atoms with Crippen molar-refractivity contribution in [2.75, 3.05) is 40.1 Å². The maximum Gasteiger partial charge on any atom is 0.231 e. The number of hydrogen-bond donors (Lipinski definition) is 2. The van der Waals surface area contributed by atoms with E-state index >= 15 is 0 Å². The quantitative estimate of drug-likeness (QED) is 0.711. The van der Waals surface area contributed by atoms with Crippen LogP contribution in [0.4, 0.5) is 0 Å². The minimum Gasteiger partial charge on any atom is -0.454 e. The van der Waals surface area contributed by atoms with Crippen LogP contribution >= 0.6 is 0 Å². The Labute approximate surface area is 118 Å². The topological polar surface area (TPSA) is 71.4 Å². The molecule has 1 aromatic carbocycles. The van der Waals surface area contributed by atoms with Gasteiger partial charge in [-0.2, -0.15) is 0 Å². The molecule has 0 amide bonds. The van der Waals surface area contributed by atoms with Crippen LogP contribution < -0.4 is 9.47 Å². The van der Waals surface area contributed by atoms with Crippen LogP contribution in [0.2, 0.25) is 0 Å². The van der Waals surface area contributed by atoms with Gasteiger partial charge in [0.1, 0.15) is 0 Å². The van der Waals surface area contributed by atoms with E-state index in [-0.39, 0.29) is 20.0 Å². The molecule has 1 aliphatic rings. The Bertz CT molecular complexity index is 426. The van der Waals surface area contributed by atoms with Crippen molar-refractivity contribution in [1.29, 1.82) is 0 Å². The molecule has 0 aromatic heterocycles. The first kappa shape index (κ1) is 15.1. The predicted molar refractivity (Wildman–Crippen MR) is 72.8 cm³/mol. The molecule has 1 aliphatic heterocycles. The van der Waals surface area contributed by atoms with Crippen molar-refractivity contribution in [3.63, 3.8) is 0 Å². The van der Waals surface area contributed by atoms with Gasteiger partial charge in [-0.3, -0.25) is 0 Å². The number of aliphatic hydroxyl groups excluding tert-OH is 2. The van der Waals surface area contributed by atoms with Crippen molar-refractivity contribution in [1.82, 2.24) is 4.90 Å². The number of aliphatic hydroxyl groups is 2. The number of likely N-dealkylation sites (N-methyl/N-ethyl adjacent to an activating group) is 1. The highest BCUT2D eigenvalue weighted by atomic mass is 16.7. The van der Waals surface area contributed by atoms with Gasteiger partial charge in [-0.15, -0.1) is 0 Å². The van der Waals surface area contributed by atoms with E-state index in [1.807, 2.05) is 30.1 Å². The number of benzene rings is 1. The maximum absolute atomic E-state index is 9.79. The second-order valence-electron chi connectivity index (χ2n) is 4.84. The molecule has 1 heterocycles. The summed E-state index contributed by atoms with van der Waals surface area (Å²) in [7, 11) is 1.84. The summed E-state index contributed by atoms with van der Waals surface area (Å²) in [5, 5.41) is 18.6. The van der Waals surface area contributed by atoms with Gasteiger partial charge in [-0.05, 0) is 24.7 Å². The Morgan fingerprint density at radius 2 is 2.15 bits per heavy atom. The van der Waals surface area contributed by atoms with Crippen LogP contribution in [0.3, 0.4) is 0 Å². The average Bonchev–Trinajstić information content (AvgIpc) is 2.86. The number of ether oxygens (including phenoxy) is 3. The molecule has 1 aromatic rings. The van der Waals surface area contributed by atoms with E-state index in [1.165, 1.54) is 0 Å². The molecule has 0 bridgehead atoms. The third kappa shape index (κ3) is 4.35. The minimum absolute atomic E-state index is 0.0846. The predicted octanol–water partition coefficient (Wildman–Crippen LogP) is 0.217. The first-order valence-corrected chi connectivity index (χ1v) is 6.63. The average molecular weight is 283 g/mol. The Balaban J connectivity index is 1.70. The fourth-order valence-electron chi connectivity index (χ4n) is 2.02.